The van der Waals surface area contributed by atoms with E-state index < -0.39 is 30.4 Å². The number of amides is 3. The smallest absolute Gasteiger partial charge is 0.329 e. The molecule has 1 aliphatic heterocycles. The second-order valence-corrected chi connectivity index (χ2v) is 7.61. The van der Waals surface area contributed by atoms with E-state index in [1.54, 1.807) is 29.2 Å². The molecule has 0 spiro atoms. The van der Waals surface area contributed by atoms with Gasteiger partial charge in [-0.05, 0) is 38.0 Å². The molecule has 0 fully saturated rings. The summed E-state index contributed by atoms with van der Waals surface area (Å²) in [5.74, 6) is -2.20. The van der Waals surface area contributed by atoms with E-state index >= 15 is 0 Å². The lowest BCUT2D eigenvalue weighted by Crippen LogP contribution is -2.44. The Kier molecular flexibility index (Phi) is 6.84. The van der Waals surface area contributed by atoms with Crippen molar-refractivity contribution in [1.29, 1.82) is 0 Å². The number of aryl methyl sites for hydroxylation is 1. The van der Waals surface area contributed by atoms with E-state index in [1.165, 1.54) is 6.92 Å². The van der Waals surface area contributed by atoms with Gasteiger partial charge in [-0.3, -0.25) is 19.3 Å². The van der Waals surface area contributed by atoms with Gasteiger partial charge in [0.1, 0.15) is 6.04 Å². The molecule has 162 valence electrons. The van der Waals surface area contributed by atoms with Crippen molar-refractivity contribution in [3.8, 4) is 0 Å². The monoisotopic (exact) mass is 422 g/mol. The van der Waals surface area contributed by atoms with Crippen molar-refractivity contribution in [2.45, 2.75) is 39.8 Å². The van der Waals surface area contributed by atoms with Crippen LogP contribution >= 0.6 is 0 Å². The highest BCUT2D eigenvalue weighted by molar-refractivity contribution is 6.22. The second kappa shape index (κ2) is 9.55. The van der Waals surface area contributed by atoms with E-state index in [4.69, 9.17) is 4.74 Å². The van der Waals surface area contributed by atoms with E-state index in [9.17, 15) is 19.2 Å². The van der Waals surface area contributed by atoms with Crippen LogP contribution < -0.4 is 0 Å². The van der Waals surface area contributed by atoms with Gasteiger partial charge in [-0.2, -0.15) is 0 Å². The zero-order valence-electron chi connectivity index (χ0n) is 18.0. The number of imide groups is 1. The summed E-state index contributed by atoms with van der Waals surface area (Å²) in [5.41, 5.74) is 2.64. The normalized spacial score (nSPS) is 13.7. The summed E-state index contributed by atoms with van der Waals surface area (Å²) in [6.45, 7) is 5.87. The van der Waals surface area contributed by atoms with Crippen LogP contribution in [-0.2, 0) is 20.9 Å². The average molecular weight is 422 g/mol. The van der Waals surface area contributed by atoms with Gasteiger partial charge in [-0.15, -0.1) is 0 Å². The number of rotatable bonds is 8. The number of ether oxygens (including phenoxy) is 1. The molecule has 7 heteroatoms. The molecular formula is C24H26N2O5. The number of fused-ring (bicyclic) bond motifs is 1. The van der Waals surface area contributed by atoms with Crippen molar-refractivity contribution in [2.75, 3.05) is 13.2 Å². The molecule has 0 aliphatic carbocycles. The second-order valence-electron chi connectivity index (χ2n) is 7.61. The molecule has 0 radical (unpaired) electrons. The first kappa shape index (κ1) is 22.2. The Bertz CT molecular complexity index is 964. The fourth-order valence-electron chi connectivity index (χ4n) is 3.49. The Hall–Kier alpha value is -3.48. The van der Waals surface area contributed by atoms with Gasteiger partial charge in [-0.25, -0.2) is 4.79 Å². The largest absolute Gasteiger partial charge is 0.454 e. The molecule has 1 atom stereocenters. The first-order chi connectivity index (χ1) is 14.8. The highest BCUT2D eigenvalue weighted by Crippen LogP contribution is 2.24. The molecule has 0 N–H and O–H groups in total. The summed E-state index contributed by atoms with van der Waals surface area (Å²) in [6, 6.07) is 13.2. The van der Waals surface area contributed by atoms with Crippen LogP contribution in [0.1, 0.15) is 52.1 Å². The van der Waals surface area contributed by atoms with E-state index in [0.717, 1.165) is 22.4 Å². The Morgan fingerprint density at radius 1 is 1.00 bits per heavy atom. The number of carbonyl (C=O) groups excluding carboxylic acids is 4. The molecule has 1 aliphatic rings. The zero-order valence-corrected chi connectivity index (χ0v) is 18.0. The number of hydrogen-bond donors (Lipinski definition) is 0. The Labute approximate surface area is 181 Å². The number of benzene rings is 2. The van der Waals surface area contributed by atoms with Crippen molar-refractivity contribution in [2.24, 2.45) is 0 Å². The summed E-state index contributed by atoms with van der Waals surface area (Å²) in [4.78, 5) is 52.8. The third-order valence-electron chi connectivity index (χ3n) is 5.23. The lowest BCUT2D eigenvalue weighted by molar-refractivity contribution is -0.155. The number of nitrogens with zero attached hydrogens (tertiary/aromatic N) is 2. The van der Waals surface area contributed by atoms with Gasteiger partial charge in [0.15, 0.2) is 6.61 Å². The van der Waals surface area contributed by atoms with Crippen LogP contribution in [0.15, 0.2) is 48.5 Å². The van der Waals surface area contributed by atoms with Gasteiger partial charge in [0.05, 0.1) is 11.1 Å². The van der Waals surface area contributed by atoms with Crippen LogP contribution in [-0.4, -0.2) is 52.7 Å². The highest BCUT2D eigenvalue weighted by Gasteiger charge is 2.41. The lowest BCUT2D eigenvalue weighted by atomic mass is 10.1. The molecule has 3 rings (SSSR count). The quantitative estimate of drug-likeness (QED) is 0.482. The van der Waals surface area contributed by atoms with Crippen LogP contribution in [0, 0.1) is 6.92 Å². The van der Waals surface area contributed by atoms with Crippen molar-refractivity contribution in [1.82, 2.24) is 9.80 Å². The molecule has 0 saturated carbocycles. The topological polar surface area (TPSA) is 84.0 Å². The van der Waals surface area contributed by atoms with E-state index in [1.807, 2.05) is 38.1 Å². The Morgan fingerprint density at radius 3 is 2.13 bits per heavy atom. The van der Waals surface area contributed by atoms with E-state index in [-0.39, 0.29) is 17.0 Å². The van der Waals surface area contributed by atoms with E-state index in [0.29, 0.717) is 13.1 Å². The average Bonchev–Trinajstić information content (AvgIpc) is 3.02. The van der Waals surface area contributed by atoms with Gasteiger partial charge in [-0.1, -0.05) is 48.9 Å². The summed E-state index contributed by atoms with van der Waals surface area (Å²) in [6.07, 6.45) is 0.761. The van der Waals surface area contributed by atoms with Gasteiger partial charge >= 0.3 is 5.97 Å². The molecular weight excluding hydrogens is 396 g/mol. The third kappa shape index (κ3) is 4.82. The van der Waals surface area contributed by atoms with Gasteiger partial charge in [0.25, 0.3) is 17.7 Å². The highest BCUT2D eigenvalue weighted by atomic mass is 16.5. The van der Waals surface area contributed by atoms with Crippen LogP contribution in [0.4, 0.5) is 0 Å². The summed E-state index contributed by atoms with van der Waals surface area (Å²) in [7, 11) is 0. The minimum absolute atomic E-state index is 0.260. The number of carbonyl (C=O) groups is 4. The minimum atomic E-state index is -1.13. The standard InChI is InChI=1S/C24H26N2O5/c1-4-13-25(14-18-11-9-16(2)10-12-18)21(27)15-31-24(30)17(3)26-22(28)19-7-5-6-8-20(19)23(26)29/h5-12,17H,4,13-15H2,1-3H3/t17-/m1/s1. The van der Waals surface area contributed by atoms with Gasteiger partial charge in [0.2, 0.25) is 0 Å². The lowest BCUT2D eigenvalue weighted by Gasteiger charge is -2.24. The van der Waals surface area contributed by atoms with Crippen molar-refractivity contribution in [3.05, 3.63) is 70.8 Å². The first-order valence-electron chi connectivity index (χ1n) is 10.3. The fraction of sp³-hybridized carbons (Fsp3) is 0.333. The molecule has 2 aromatic carbocycles. The molecule has 0 saturated heterocycles. The number of hydrogen-bond acceptors (Lipinski definition) is 5. The summed E-state index contributed by atoms with van der Waals surface area (Å²) >= 11 is 0. The molecule has 31 heavy (non-hydrogen) atoms. The first-order valence-corrected chi connectivity index (χ1v) is 10.3. The molecule has 2 aromatic rings. The van der Waals surface area contributed by atoms with Crippen LogP contribution in [0.2, 0.25) is 0 Å². The van der Waals surface area contributed by atoms with Gasteiger partial charge in [0, 0.05) is 13.1 Å². The minimum Gasteiger partial charge on any atom is -0.454 e. The third-order valence-corrected chi connectivity index (χ3v) is 5.23. The van der Waals surface area contributed by atoms with E-state index in [2.05, 4.69) is 0 Å². The predicted molar refractivity (Wildman–Crippen MR) is 114 cm³/mol. The van der Waals surface area contributed by atoms with Crippen molar-refractivity contribution in [3.63, 3.8) is 0 Å². The maximum Gasteiger partial charge on any atom is 0.329 e. The van der Waals surface area contributed by atoms with Crippen LogP contribution in [0.5, 0.6) is 0 Å². The van der Waals surface area contributed by atoms with Crippen LogP contribution in [0.25, 0.3) is 0 Å². The van der Waals surface area contributed by atoms with Crippen molar-refractivity contribution < 1.29 is 23.9 Å². The maximum atomic E-state index is 12.7. The summed E-state index contributed by atoms with van der Waals surface area (Å²) < 4.78 is 5.18. The molecule has 0 aromatic heterocycles. The SMILES string of the molecule is CCCN(Cc1ccc(C)cc1)C(=O)COC(=O)[C@@H](C)N1C(=O)c2ccccc2C1=O. The molecule has 7 nitrogen and oxygen atoms in total. The van der Waals surface area contributed by atoms with Crippen LogP contribution in [0.3, 0.4) is 0 Å². The molecule has 1 heterocycles. The molecule has 3 amide bonds. The fourth-order valence-corrected chi connectivity index (χ4v) is 3.49. The number of esters is 1. The Balaban J connectivity index is 1.61. The molecule has 0 unspecified atom stereocenters. The van der Waals surface area contributed by atoms with Crippen molar-refractivity contribution >= 4 is 23.7 Å². The Morgan fingerprint density at radius 2 is 1.58 bits per heavy atom. The summed E-state index contributed by atoms with van der Waals surface area (Å²) in [5, 5.41) is 0. The van der Waals surface area contributed by atoms with Gasteiger partial charge < -0.3 is 9.64 Å². The molecule has 0 bridgehead atoms. The predicted octanol–water partition coefficient (Wildman–Crippen LogP) is 2.96. The maximum absolute atomic E-state index is 12.7. The zero-order chi connectivity index (χ0) is 22.5.